The number of ether oxygens (including phenoxy) is 1. The zero-order valence-corrected chi connectivity index (χ0v) is 17.6. The Morgan fingerprint density at radius 3 is 2.33 bits per heavy atom. The van der Waals surface area contributed by atoms with Crippen LogP contribution in [0.5, 0.6) is 5.75 Å². The minimum atomic E-state index is -4.47. The summed E-state index contributed by atoms with van der Waals surface area (Å²) in [4.78, 5) is 13.7. The van der Waals surface area contributed by atoms with Gasteiger partial charge >= 0.3 is 6.18 Å². The number of hydrazone groups is 1. The summed E-state index contributed by atoms with van der Waals surface area (Å²) in [6.07, 6.45) is -4.47. The number of nitrogens with zero attached hydrogens (tertiary/aromatic N) is 2. The topological polar surface area (TPSA) is 53.9 Å². The molecule has 2 aromatic carbocycles. The van der Waals surface area contributed by atoms with E-state index in [9.17, 15) is 18.0 Å². The minimum Gasteiger partial charge on any atom is -0.484 e. The van der Waals surface area contributed by atoms with Crippen LogP contribution in [-0.2, 0) is 11.0 Å². The van der Waals surface area contributed by atoms with Crippen LogP contribution in [0.4, 0.5) is 18.9 Å². The van der Waals surface area contributed by atoms with E-state index >= 15 is 0 Å². The number of benzene rings is 2. The zero-order chi connectivity index (χ0) is 22.3. The SMILES string of the molecule is CCN(CC)C(=O)COc1ccc(/C(C)=N\Nc2cc(C(F)(F)F)ccc2Cl)cc1. The van der Waals surface area contributed by atoms with Gasteiger partial charge in [-0.05, 0) is 68.8 Å². The summed E-state index contributed by atoms with van der Waals surface area (Å²) in [6, 6.07) is 9.86. The van der Waals surface area contributed by atoms with Crippen molar-refractivity contribution in [3.63, 3.8) is 0 Å². The Morgan fingerprint density at radius 1 is 1.13 bits per heavy atom. The summed E-state index contributed by atoms with van der Waals surface area (Å²) in [6.45, 7) is 6.70. The minimum absolute atomic E-state index is 0.0519. The lowest BCUT2D eigenvalue weighted by Gasteiger charge is -2.18. The van der Waals surface area contributed by atoms with Crippen molar-refractivity contribution < 1.29 is 22.7 Å². The van der Waals surface area contributed by atoms with Crippen LogP contribution in [0.3, 0.4) is 0 Å². The van der Waals surface area contributed by atoms with Gasteiger partial charge in [0.1, 0.15) is 5.75 Å². The number of carbonyl (C=O) groups is 1. The van der Waals surface area contributed by atoms with Crippen LogP contribution in [0, 0.1) is 0 Å². The van der Waals surface area contributed by atoms with E-state index in [1.165, 1.54) is 6.07 Å². The number of carbonyl (C=O) groups excluding carboxylic acids is 1. The first-order valence-electron chi connectivity index (χ1n) is 9.33. The smallest absolute Gasteiger partial charge is 0.416 e. The lowest BCUT2D eigenvalue weighted by Crippen LogP contribution is -2.34. The number of halogens is 4. The predicted octanol–water partition coefficient (Wildman–Crippen LogP) is 5.44. The quantitative estimate of drug-likeness (QED) is 0.438. The van der Waals surface area contributed by atoms with E-state index in [1.54, 1.807) is 36.1 Å². The van der Waals surface area contributed by atoms with Gasteiger partial charge in [0.2, 0.25) is 0 Å². The van der Waals surface area contributed by atoms with Gasteiger partial charge < -0.3 is 9.64 Å². The van der Waals surface area contributed by atoms with Crippen LogP contribution in [0.1, 0.15) is 31.9 Å². The first-order valence-corrected chi connectivity index (χ1v) is 9.71. The van der Waals surface area contributed by atoms with Gasteiger partial charge in [-0.3, -0.25) is 10.2 Å². The molecular weight excluding hydrogens is 419 g/mol. The highest BCUT2D eigenvalue weighted by atomic mass is 35.5. The molecule has 0 aliphatic carbocycles. The van der Waals surface area contributed by atoms with E-state index < -0.39 is 11.7 Å². The maximum Gasteiger partial charge on any atom is 0.416 e. The molecule has 2 rings (SSSR count). The van der Waals surface area contributed by atoms with Crippen molar-refractivity contribution in [3.05, 3.63) is 58.6 Å². The second-order valence-electron chi connectivity index (χ2n) is 6.38. The average molecular weight is 442 g/mol. The maximum absolute atomic E-state index is 12.9. The Labute approximate surface area is 178 Å². The molecule has 5 nitrogen and oxygen atoms in total. The van der Waals surface area contributed by atoms with E-state index in [0.717, 1.165) is 17.7 Å². The molecular formula is C21H23ClF3N3O2. The molecule has 1 N–H and O–H groups in total. The zero-order valence-electron chi connectivity index (χ0n) is 16.9. The standard InChI is InChI=1S/C21H23ClF3N3O2/c1-4-28(5-2)20(29)13-30-17-9-6-15(7-10-17)14(3)26-27-19-12-16(21(23,24)25)8-11-18(19)22/h6-12,27H,4-5,13H2,1-3H3/b26-14-. The molecule has 0 bridgehead atoms. The molecule has 0 saturated carbocycles. The van der Waals surface area contributed by atoms with Crippen molar-refractivity contribution in [1.82, 2.24) is 4.90 Å². The molecule has 9 heteroatoms. The Kier molecular flexibility index (Phi) is 8.11. The number of amides is 1. The molecule has 0 heterocycles. The highest BCUT2D eigenvalue weighted by Crippen LogP contribution is 2.33. The second kappa shape index (κ2) is 10.3. The molecule has 30 heavy (non-hydrogen) atoms. The molecule has 0 atom stereocenters. The predicted molar refractivity (Wildman–Crippen MR) is 112 cm³/mol. The molecule has 1 amide bonds. The molecule has 0 aliphatic heterocycles. The molecule has 0 fully saturated rings. The van der Waals surface area contributed by atoms with Gasteiger partial charge in [0.05, 0.1) is 22.0 Å². The fourth-order valence-corrected chi connectivity index (χ4v) is 2.76. The Balaban J connectivity index is 2.03. The Bertz CT molecular complexity index is 895. The Hall–Kier alpha value is -2.74. The lowest BCUT2D eigenvalue weighted by molar-refractivity contribution is -0.137. The number of anilines is 1. The van der Waals surface area contributed by atoms with Crippen molar-refractivity contribution in [2.45, 2.75) is 26.9 Å². The fourth-order valence-electron chi connectivity index (χ4n) is 2.60. The van der Waals surface area contributed by atoms with Gasteiger partial charge in [-0.15, -0.1) is 0 Å². The van der Waals surface area contributed by atoms with Gasteiger partial charge in [-0.25, -0.2) is 0 Å². The van der Waals surface area contributed by atoms with Crippen LogP contribution < -0.4 is 10.2 Å². The van der Waals surface area contributed by atoms with Gasteiger partial charge in [0.15, 0.2) is 6.61 Å². The largest absolute Gasteiger partial charge is 0.484 e. The molecule has 0 radical (unpaired) electrons. The van der Waals surface area contributed by atoms with Gasteiger partial charge in [0.25, 0.3) is 5.91 Å². The summed E-state index contributed by atoms with van der Waals surface area (Å²) < 4.78 is 44.1. The number of hydrogen-bond donors (Lipinski definition) is 1. The maximum atomic E-state index is 12.9. The van der Waals surface area contributed by atoms with Crippen molar-refractivity contribution in [2.24, 2.45) is 5.10 Å². The summed E-state index contributed by atoms with van der Waals surface area (Å²) in [7, 11) is 0. The van der Waals surface area contributed by atoms with Crippen LogP contribution in [-0.4, -0.2) is 36.2 Å². The van der Waals surface area contributed by atoms with Crippen LogP contribution in [0.25, 0.3) is 0 Å². The Morgan fingerprint density at radius 2 is 1.77 bits per heavy atom. The van der Waals surface area contributed by atoms with Crippen LogP contribution >= 0.6 is 11.6 Å². The van der Waals surface area contributed by atoms with Crippen LogP contribution in [0.2, 0.25) is 5.02 Å². The highest BCUT2D eigenvalue weighted by molar-refractivity contribution is 6.33. The number of alkyl halides is 3. The van der Waals surface area contributed by atoms with Gasteiger partial charge in [-0.2, -0.15) is 18.3 Å². The fraction of sp³-hybridized carbons (Fsp3) is 0.333. The van der Waals surface area contributed by atoms with E-state index in [-0.39, 0.29) is 23.2 Å². The van der Waals surface area contributed by atoms with E-state index in [0.29, 0.717) is 24.6 Å². The number of likely N-dealkylation sites (N-methyl/N-ethyl adjacent to an activating group) is 1. The highest BCUT2D eigenvalue weighted by Gasteiger charge is 2.30. The van der Waals surface area contributed by atoms with Gasteiger partial charge in [0, 0.05) is 13.1 Å². The number of nitrogens with one attached hydrogen (secondary N) is 1. The summed E-state index contributed by atoms with van der Waals surface area (Å²) in [5.41, 5.74) is 3.08. The number of rotatable bonds is 8. The van der Waals surface area contributed by atoms with Crippen molar-refractivity contribution >= 4 is 28.9 Å². The molecule has 0 aromatic heterocycles. The van der Waals surface area contributed by atoms with Crippen molar-refractivity contribution in [1.29, 1.82) is 0 Å². The third-order valence-electron chi connectivity index (χ3n) is 4.39. The molecule has 162 valence electrons. The first kappa shape index (κ1) is 23.5. The molecule has 0 saturated heterocycles. The van der Waals surface area contributed by atoms with Crippen molar-refractivity contribution in [2.75, 3.05) is 25.1 Å². The molecule has 0 unspecified atom stereocenters. The van der Waals surface area contributed by atoms with E-state index in [2.05, 4.69) is 10.5 Å². The first-order chi connectivity index (χ1) is 14.2. The molecule has 0 aliphatic rings. The lowest BCUT2D eigenvalue weighted by atomic mass is 10.1. The third-order valence-corrected chi connectivity index (χ3v) is 4.72. The summed E-state index contributed by atoms with van der Waals surface area (Å²) in [5.74, 6) is 0.435. The average Bonchev–Trinajstić information content (AvgIpc) is 2.71. The van der Waals surface area contributed by atoms with E-state index in [4.69, 9.17) is 16.3 Å². The number of hydrogen-bond acceptors (Lipinski definition) is 4. The summed E-state index contributed by atoms with van der Waals surface area (Å²) >= 11 is 5.95. The monoisotopic (exact) mass is 441 g/mol. The third kappa shape index (κ3) is 6.38. The van der Waals surface area contributed by atoms with Gasteiger partial charge in [-0.1, -0.05) is 11.6 Å². The second-order valence-corrected chi connectivity index (χ2v) is 6.79. The van der Waals surface area contributed by atoms with E-state index in [1.807, 2.05) is 13.8 Å². The normalized spacial score (nSPS) is 11.9. The molecule has 2 aromatic rings. The molecule has 0 spiro atoms. The van der Waals surface area contributed by atoms with Crippen molar-refractivity contribution in [3.8, 4) is 5.75 Å². The summed E-state index contributed by atoms with van der Waals surface area (Å²) in [5, 5.41) is 4.24. The van der Waals surface area contributed by atoms with Crippen LogP contribution in [0.15, 0.2) is 47.6 Å².